The number of aryl methyl sites for hydroxylation is 1. The molecule has 5 rings (SSSR count). The number of β-amino-alcohol motifs (C(OH)–C–C–N with tert-alkyl or cyclic N) is 1. The first-order chi connectivity index (χ1) is 17.0. The zero-order chi connectivity index (χ0) is 24.4. The third-order valence-corrected chi connectivity index (χ3v) is 7.31. The molecule has 1 N–H and O–H groups in total. The zero-order valence-electron chi connectivity index (χ0n) is 18.9. The normalized spacial score (nSPS) is 15.9. The zero-order valence-corrected chi connectivity index (χ0v) is 20.5. The Morgan fingerprint density at radius 2 is 2.06 bits per heavy atom. The molecule has 0 spiro atoms. The summed E-state index contributed by atoms with van der Waals surface area (Å²) in [4.78, 5) is 27.6. The number of hydrogen-bond donors (Lipinski definition) is 1. The molecule has 1 atom stereocenters. The number of ketones is 1. The van der Waals surface area contributed by atoms with Crippen LogP contribution in [0.4, 0.5) is 5.69 Å². The minimum absolute atomic E-state index is 0.0251. The number of pyridine rings is 1. The molecule has 8 nitrogen and oxygen atoms in total. The number of nitrogens with zero attached hydrogens (tertiary/aromatic N) is 5. The summed E-state index contributed by atoms with van der Waals surface area (Å²) in [5.74, 6) is 0.0251. The van der Waals surface area contributed by atoms with Crippen LogP contribution in [0.5, 0.6) is 0 Å². The Bertz CT molecular complexity index is 1410. The van der Waals surface area contributed by atoms with Crippen molar-refractivity contribution in [1.82, 2.24) is 19.6 Å². The maximum atomic E-state index is 12.4. The first kappa shape index (κ1) is 23.5. The number of aliphatic hydroxyl groups is 1. The van der Waals surface area contributed by atoms with E-state index in [4.69, 9.17) is 11.6 Å². The second-order valence-electron chi connectivity index (χ2n) is 8.51. The molecular weight excluding hydrogens is 486 g/mol. The number of piperidine rings is 1. The topological polar surface area (TPSA) is 93.2 Å². The highest BCUT2D eigenvalue weighted by Crippen LogP contribution is 2.30. The van der Waals surface area contributed by atoms with E-state index in [2.05, 4.69) is 15.2 Å². The lowest BCUT2D eigenvalue weighted by molar-refractivity contribution is 0.0986. The average molecular weight is 510 g/mol. The fourth-order valence-electron chi connectivity index (χ4n) is 4.28. The number of carbonyl (C=O) groups is 1. The van der Waals surface area contributed by atoms with Gasteiger partial charge >= 0.3 is 0 Å². The fraction of sp³-hybridized carbons (Fsp3) is 0.280. The third-order valence-electron chi connectivity index (χ3n) is 6.04. The van der Waals surface area contributed by atoms with Gasteiger partial charge in [0.15, 0.2) is 5.78 Å². The Morgan fingerprint density at radius 3 is 2.83 bits per heavy atom. The summed E-state index contributed by atoms with van der Waals surface area (Å²) >= 11 is 7.22. The molecule has 1 saturated heterocycles. The van der Waals surface area contributed by atoms with Crippen molar-refractivity contribution in [1.29, 1.82) is 0 Å². The van der Waals surface area contributed by atoms with Crippen molar-refractivity contribution in [2.45, 2.75) is 31.8 Å². The molecule has 1 fully saturated rings. The van der Waals surface area contributed by atoms with Crippen LogP contribution in [0.25, 0.3) is 11.4 Å². The van der Waals surface area contributed by atoms with Gasteiger partial charge in [-0.05, 0) is 49.2 Å². The molecule has 4 aromatic rings. The van der Waals surface area contributed by atoms with Gasteiger partial charge in [-0.15, -0.1) is 16.4 Å². The van der Waals surface area contributed by atoms with Crippen molar-refractivity contribution in [3.63, 3.8) is 0 Å². The third kappa shape index (κ3) is 5.22. The van der Waals surface area contributed by atoms with E-state index in [0.29, 0.717) is 34.3 Å². The number of hydrogen-bond acceptors (Lipinski definition) is 7. The summed E-state index contributed by atoms with van der Waals surface area (Å²) in [6, 6.07) is 14.2. The summed E-state index contributed by atoms with van der Waals surface area (Å²) in [6.07, 6.45) is 5.55. The molecule has 0 amide bonds. The lowest BCUT2D eigenvalue weighted by atomic mass is 10.1. The van der Waals surface area contributed by atoms with E-state index in [9.17, 15) is 14.7 Å². The van der Waals surface area contributed by atoms with Crippen LogP contribution in [0.1, 0.15) is 34.6 Å². The molecule has 0 bridgehead atoms. The molecule has 3 aromatic heterocycles. The lowest BCUT2D eigenvalue weighted by Crippen LogP contribution is -2.38. The quantitative estimate of drug-likeness (QED) is 0.380. The van der Waals surface area contributed by atoms with Crippen LogP contribution in [0.15, 0.2) is 65.7 Å². The Morgan fingerprint density at radius 1 is 1.17 bits per heavy atom. The Balaban J connectivity index is 1.43. The van der Waals surface area contributed by atoms with Crippen LogP contribution in [0.3, 0.4) is 0 Å². The number of anilines is 1. The van der Waals surface area contributed by atoms with Crippen molar-refractivity contribution in [3.05, 3.63) is 86.2 Å². The van der Waals surface area contributed by atoms with Crippen LogP contribution in [0.2, 0.25) is 4.34 Å². The minimum Gasteiger partial charge on any atom is -0.391 e. The average Bonchev–Trinajstić information content (AvgIpc) is 3.52. The minimum atomic E-state index is -0.414. The molecule has 0 saturated carbocycles. The van der Waals surface area contributed by atoms with E-state index < -0.39 is 6.10 Å². The Kier molecular flexibility index (Phi) is 6.81. The summed E-state index contributed by atoms with van der Waals surface area (Å²) in [5.41, 5.74) is 2.97. The number of carbonyl (C=O) groups excluding carboxylic acids is 1. The SMILES string of the molecule is O=C(CCc1cn(-c2ccc(-n3ccccc3=O)cc2N2CCC[C@@H](O)C2)nn1)c1ccc(Cl)s1. The lowest BCUT2D eigenvalue weighted by Gasteiger charge is -2.33. The molecule has 35 heavy (non-hydrogen) atoms. The van der Waals surface area contributed by atoms with Gasteiger partial charge in [0.05, 0.1) is 44.3 Å². The van der Waals surface area contributed by atoms with Crippen LogP contribution in [-0.2, 0) is 6.42 Å². The molecule has 1 aromatic carbocycles. The van der Waals surface area contributed by atoms with E-state index in [1.165, 1.54) is 17.4 Å². The second-order valence-corrected chi connectivity index (χ2v) is 10.2. The van der Waals surface area contributed by atoms with Gasteiger partial charge in [0.25, 0.3) is 5.56 Å². The molecular formula is C25H24ClN5O3S. The van der Waals surface area contributed by atoms with Crippen molar-refractivity contribution in [3.8, 4) is 11.4 Å². The molecule has 0 aliphatic carbocycles. The van der Waals surface area contributed by atoms with Crippen molar-refractivity contribution in [2.24, 2.45) is 0 Å². The van der Waals surface area contributed by atoms with E-state index in [1.54, 1.807) is 33.6 Å². The van der Waals surface area contributed by atoms with Gasteiger partial charge in [-0.2, -0.15) is 0 Å². The molecule has 4 heterocycles. The van der Waals surface area contributed by atoms with E-state index >= 15 is 0 Å². The molecule has 0 radical (unpaired) electrons. The standard InChI is InChI=1S/C25H24ClN5O3S/c26-24-11-10-23(35-24)22(33)9-6-17-15-31(28-27-17)20-8-7-18(30-13-2-1-5-25(30)34)14-21(20)29-12-3-4-19(32)16-29/h1-2,5,7-8,10-11,13-15,19,32H,3-4,6,9,12,16H2/t19-/m1/s1. The van der Waals surface area contributed by atoms with Crippen molar-refractivity contribution < 1.29 is 9.90 Å². The summed E-state index contributed by atoms with van der Waals surface area (Å²) < 4.78 is 3.87. The van der Waals surface area contributed by atoms with Crippen molar-refractivity contribution >= 4 is 34.4 Å². The molecule has 10 heteroatoms. The van der Waals surface area contributed by atoms with E-state index in [0.717, 1.165) is 36.4 Å². The van der Waals surface area contributed by atoms with Crippen molar-refractivity contribution in [2.75, 3.05) is 18.0 Å². The summed E-state index contributed by atoms with van der Waals surface area (Å²) in [6.45, 7) is 1.29. The molecule has 1 aliphatic heterocycles. The number of halogens is 1. The summed E-state index contributed by atoms with van der Waals surface area (Å²) in [5, 5.41) is 18.9. The number of aromatic nitrogens is 4. The fourth-order valence-corrected chi connectivity index (χ4v) is 5.29. The number of benzene rings is 1. The maximum absolute atomic E-state index is 12.4. The maximum Gasteiger partial charge on any atom is 0.255 e. The summed E-state index contributed by atoms with van der Waals surface area (Å²) in [7, 11) is 0. The predicted molar refractivity (Wildman–Crippen MR) is 136 cm³/mol. The highest BCUT2D eigenvalue weighted by atomic mass is 35.5. The Hall–Kier alpha value is -3.27. The van der Waals surface area contributed by atoms with Gasteiger partial charge in [-0.25, -0.2) is 4.68 Å². The predicted octanol–water partition coefficient (Wildman–Crippen LogP) is 3.91. The largest absolute Gasteiger partial charge is 0.391 e. The monoisotopic (exact) mass is 509 g/mol. The van der Waals surface area contributed by atoms with Gasteiger partial charge in [-0.1, -0.05) is 22.9 Å². The van der Waals surface area contributed by atoms with Gasteiger partial charge in [0, 0.05) is 38.2 Å². The van der Waals surface area contributed by atoms with Gasteiger partial charge in [0.2, 0.25) is 0 Å². The van der Waals surface area contributed by atoms with Gasteiger partial charge in [-0.3, -0.25) is 14.2 Å². The molecule has 180 valence electrons. The van der Waals surface area contributed by atoms with Crippen LogP contribution < -0.4 is 10.5 Å². The van der Waals surface area contributed by atoms with Gasteiger partial charge < -0.3 is 10.0 Å². The number of aliphatic hydroxyl groups excluding tert-OH is 1. The van der Waals surface area contributed by atoms with E-state index in [1.807, 2.05) is 30.5 Å². The molecule has 1 aliphatic rings. The van der Waals surface area contributed by atoms with Crippen LogP contribution in [0, 0.1) is 0 Å². The number of Topliss-reactive ketones (excluding diaryl/α,β-unsaturated/α-hetero) is 1. The molecule has 0 unspecified atom stereocenters. The Labute approximate surface area is 211 Å². The van der Waals surface area contributed by atoms with E-state index in [-0.39, 0.29) is 11.3 Å². The second kappa shape index (κ2) is 10.2. The van der Waals surface area contributed by atoms with Crippen LogP contribution in [-0.4, -0.2) is 49.6 Å². The highest BCUT2D eigenvalue weighted by Gasteiger charge is 2.22. The number of thiophene rings is 1. The first-order valence-corrected chi connectivity index (χ1v) is 12.6. The highest BCUT2D eigenvalue weighted by molar-refractivity contribution is 7.18. The smallest absolute Gasteiger partial charge is 0.255 e. The van der Waals surface area contributed by atoms with Crippen LogP contribution >= 0.6 is 22.9 Å². The number of rotatable bonds is 7. The van der Waals surface area contributed by atoms with Gasteiger partial charge in [0.1, 0.15) is 0 Å². The first-order valence-electron chi connectivity index (χ1n) is 11.4.